The van der Waals surface area contributed by atoms with Crippen LogP contribution in [0.1, 0.15) is 11.4 Å². The van der Waals surface area contributed by atoms with Gasteiger partial charge in [-0.05, 0) is 29.8 Å². The van der Waals surface area contributed by atoms with Crippen molar-refractivity contribution in [3.05, 3.63) is 60.3 Å². The molecule has 3 amide bonds. The Morgan fingerprint density at radius 2 is 2.00 bits per heavy atom. The molecule has 2 aromatic heterocycles. The number of nitrogens with one attached hydrogen (secondary N) is 1. The zero-order valence-corrected chi connectivity index (χ0v) is 19.6. The number of ether oxygens (including phenoxy) is 2. The van der Waals surface area contributed by atoms with E-state index in [9.17, 15) is 14.7 Å². The maximum atomic E-state index is 13.5. The summed E-state index contributed by atoms with van der Waals surface area (Å²) < 4.78 is 13.6. The molecule has 6 rings (SSSR count). The summed E-state index contributed by atoms with van der Waals surface area (Å²) in [7, 11) is 1.91. The van der Waals surface area contributed by atoms with Crippen molar-refractivity contribution in [2.75, 3.05) is 43.1 Å². The van der Waals surface area contributed by atoms with Gasteiger partial charge < -0.3 is 29.4 Å². The second-order valence-electron chi connectivity index (χ2n) is 9.65. The average molecular weight is 492 g/mol. The van der Waals surface area contributed by atoms with E-state index < -0.39 is 11.7 Å². The molecule has 0 atom stereocenters. The Morgan fingerprint density at radius 1 is 1.17 bits per heavy atom. The van der Waals surface area contributed by atoms with Gasteiger partial charge in [-0.2, -0.15) is 0 Å². The Labute approximate surface area is 206 Å². The zero-order valence-electron chi connectivity index (χ0n) is 19.6. The number of hydrogen-bond acceptors (Lipinski definition) is 7. The van der Waals surface area contributed by atoms with Crippen molar-refractivity contribution in [1.29, 1.82) is 0 Å². The smallest absolute Gasteiger partial charge is 0.407 e. The molecular weight excluding hydrogens is 466 g/mol. The molecule has 36 heavy (non-hydrogen) atoms. The van der Waals surface area contributed by atoms with Gasteiger partial charge in [0, 0.05) is 30.8 Å². The van der Waals surface area contributed by atoms with E-state index in [2.05, 4.69) is 20.5 Å². The van der Waals surface area contributed by atoms with Gasteiger partial charge >= 0.3 is 12.1 Å². The van der Waals surface area contributed by atoms with Crippen molar-refractivity contribution in [3.8, 4) is 5.75 Å². The van der Waals surface area contributed by atoms with Gasteiger partial charge in [-0.15, -0.1) is 10.2 Å². The molecule has 5 heterocycles. The number of likely N-dealkylation sites (tertiary alicyclic amines) is 1. The van der Waals surface area contributed by atoms with Crippen LogP contribution in [-0.2, 0) is 23.6 Å². The van der Waals surface area contributed by atoms with E-state index in [0.717, 1.165) is 11.4 Å². The molecule has 3 aliphatic rings. The number of carbonyl (C=O) groups is 2. The summed E-state index contributed by atoms with van der Waals surface area (Å²) in [4.78, 5) is 31.9. The number of hydrogen-bond donors (Lipinski definition) is 2. The first-order chi connectivity index (χ1) is 17.4. The standard InChI is InChI=1S/C24H25N7O5/c1-29-15-26-28-19(29)9-23(13-35-14-23)16-4-2-5-17(8-16)27-21(32)31-12-24(10-30(11-24)22(33)34)36-18-6-3-7-25-20(18)31/h2-8,15H,9-14H2,1H3,(H,27,32)(H,33,34). The first-order valence-electron chi connectivity index (χ1n) is 11.6. The second-order valence-corrected chi connectivity index (χ2v) is 9.65. The number of pyridine rings is 1. The molecule has 0 unspecified atom stereocenters. The van der Waals surface area contributed by atoms with Gasteiger partial charge in [-0.25, -0.2) is 14.6 Å². The summed E-state index contributed by atoms with van der Waals surface area (Å²) in [6.07, 6.45) is 2.93. The molecule has 12 heteroatoms. The van der Waals surface area contributed by atoms with E-state index in [0.29, 0.717) is 36.9 Å². The van der Waals surface area contributed by atoms with Crippen molar-refractivity contribution >= 4 is 23.6 Å². The lowest BCUT2D eigenvalue weighted by atomic mass is 9.75. The van der Waals surface area contributed by atoms with Gasteiger partial charge in [0.25, 0.3) is 0 Å². The number of anilines is 2. The number of carboxylic acid groups (broad SMARTS) is 1. The second kappa shape index (κ2) is 8.19. The molecule has 12 nitrogen and oxygen atoms in total. The molecule has 0 bridgehead atoms. The number of benzene rings is 1. The summed E-state index contributed by atoms with van der Waals surface area (Å²) in [6, 6.07) is 10.8. The van der Waals surface area contributed by atoms with Crippen molar-refractivity contribution in [1.82, 2.24) is 24.6 Å². The normalized spacial score (nSPS) is 19.0. The fourth-order valence-electron chi connectivity index (χ4n) is 5.02. The summed E-state index contributed by atoms with van der Waals surface area (Å²) in [5.41, 5.74) is 0.644. The number of carbonyl (C=O) groups excluding carboxylic acids is 1. The minimum absolute atomic E-state index is 0.181. The maximum absolute atomic E-state index is 13.5. The fraction of sp³-hybridized carbons (Fsp3) is 0.375. The van der Waals surface area contributed by atoms with Gasteiger partial charge in [0.15, 0.2) is 17.2 Å². The molecule has 0 saturated carbocycles. The van der Waals surface area contributed by atoms with Gasteiger partial charge in [0.05, 0.1) is 32.8 Å². The molecule has 2 fully saturated rings. The molecule has 3 aromatic rings. The molecule has 0 radical (unpaired) electrons. The third-order valence-corrected chi connectivity index (χ3v) is 7.04. The minimum atomic E-state index is -1.01. The Kier molecular flexibility index (Phi) is 5.07. The summed E-state index contributed by atoms with van der Waals surface area (Å²) in [6.45, 7) is 1.67. The highest BCUT2D eigenvalue weighted by molar-refractivity contribution is 6.02. The van der Waals surface area contributed by atoms with Crippen LogP contribution in [0.3, 0.4) is 0 Å². The summed E-state index contributed by atoms with van der Waals surface area (Å²) in [5.74, 6) is 1.72. The molecule has 2 N–H and O–H groups in total. The van der Waals surface area contributed by atoms with Crippen LogP contribution in [0.15, 0.2) is 48.9 Å². The van der Waals surface area contributed by atoms with Gasteiger partial charge in [-0.3, -0.25) is 4.90 Å². The fourth-order valence-corrected chi connectivity index (χ4v) is 5.02. The van der Waals surface area contributed by atoms with Crippen LogP contribution in [0, 0.1) is 0 Å². The topological polar surface area (TPSA) is 135 Å². The number of nitrogens with zero attached hydrogens (tertiary/aromatic N) is 6. The van der Waals surface area contributed by atoms with Crippen LogP contribution in [0.5, 0.6) is 5.75 Å². The zero-order chi connectivity index (χ0) is 24.9. The van der Waals surface area contributed by atoms with Crippen molar-refractivity contribution < 1.29 is 24.2 Å². The monoisotopic (exact) mass is 491 g/mol. The Morgan fingerprint density at radius 3 is 2.69 bits per heavy atom. The van der Waals surface area contributed by atoms with Crippen LogP contribution in [0.25, 0.3) is 0 Å². The first-order valence-corrected chi connectivity index (χ1v) is 11.6. The van der Waals surface area contributed by atoms with Gasteiger partial charge in [0.1, 0.15) is 12.2 Å². The molecule has 186 valence electrons. The first kappa shape index (κ1) is 22.3. The average Bonchev–Trinajstić information content (AvgIpc) is 3.23. The Balaban J connectivity index is 1.23. The Hall–Kier alpha value is -4.19. The largest absolute Gasteiger partial charge is 0.478 e. The third-order valence-electron chi connectivity index (χ3n) is 7.04. The van der Waals surface area contributed by atoms with E-state index in [1.54, 1.807) is 24.7 Å². The SMILES string of the molecule is Cn1cnnc1CC1(c2cccc(NC(=O)N3CC4(CN(C(=O)O)C4)Oc4cccnc43)c2)COC1. The predicted molar refractivity (Wildman–Crippen MR) is 127 cm³/mol. The minimum Gasteiger partial charge on any atom is -0.478 e. The number of aryl methyl sites for hydroxylation is 1. The number of fused-ring (bicyclic) bond motifs is 1. The van der Waals surface area contributed by atoms with Crippen LogP contribution >= 0.6 is 0 Å². The van der Waals surface area contributed by atoms with Gasteiger partial charge in [-0.1, -0.05) is 12.1 Å². The number of rotatable bonds is 4. The van der Waals surface area contributed by atoms with Gasteiger partial charge in [0.2, 0.25) is 0 Å². The van der Waals surface area contributed by atoms with E-state index >= 15 is 0 Å². The number of aromatic nitrogens is 4. The van der Waals surface area contributed by atoms with Crippen LogP contribution in [0.2, 0.25) is 0 Å². The van der Waals surface area contributed by atoms with E-state index in [4.69, 9.17) is 9.47 Å². The number of urea groups is 1. The quantitative estimate of drug-likeness (QED) is 0.565. The molecule has 0 aliphatic carbocycles. The van der Waals surface area contributed by atoms with Crippen LogP contribution < -0.4 is 15.0 Å². The van der Waals surface area contributed by atoms with Crippen molar-refractivity contribution in [2.45, 2.75) is 17.4 Å². The molecule has 3 aliphatic heterocycles. The van der Waals surface area contributed by atoms with E-state index in [-0.39, 0.29) is 31.1 Å². The molecular formula is C24H25N7O5. The highest BCUT2D eigenvalue weighted by Gasteiger charge is 2.53. The summed E-state index contributed by atoms with van der Waals surface area (Å²) in [5, 5.41) is 20.5. The van der Waals surface area contributed by atoms with Crippen LogP contribution in [-0.4, -0.2) is 80.3 Å². The highest BCUT2D eigenvalue weighted by Crippen LogP contribution is 2.40. The number of amides is 3. The molecule has 1 aromatic carbocycles. The molecule has 2 saturated heterocycles. The Bertz CT molecular complexity index is 1330. The lowest BCUT2D eigenvalue weighted by Crippen LogP contribution is -2.72. The van der Waals surface area contributed by atoms with Crippen LogP contribution in [0.4, 0.5) is 21.1 Å². The summed E-state index contributed by atoms with van der Waals surface area (Å²) >= 11 is 0. The highest BCUT2D eigenvalue weighted by atomic mass is 16.5. The molecule has 1 spiro atoms. The van der Waals surface area contributed by atoms with Crippen molar-refractivity contribution in [3.63, 3.8) is 0 Å². The third kappa shape index (κ3) is 3.70. The maximum Gasteiger partial charge on any atom is 0.407 e. The van der Waals surface area contributed by atoms with Crippen molar-refractivity contribution in [2.24, 2.45) is 7.05 Å². The van der Waals surface area contributed by atoms with E-state index in [1.807, 2.05) is 35.9 Å². The van der Waals surface area contributed by atoms with E-state index in [1.165, 1.54) is 9.80 Å². The lowest BCUT2D eigenvalue weighted by molar-refractivity contribution is -0.0621. The predicted octanol–water partition coefficient (Wildman–Crippen LogP) is 1.88. The lowest BCUT2D eigenvalue weighted by Gasteiger charge is -2.52.